The molecule has 9 amide bonds. The molecule has 3 atom stereocenters. The molecule has 0 bridgehead atoms. The summed E-state index contributed by atoms with van der Waals surface area (Å²) >= 11 is 0. The number of anilines is 1. The third kappa shape index (κ3) is 18.6. The Bertz CT molecular complexity index is 6080. The molecule has 126 heavy (non-hydrogen) atoms. The van der Waals surface area contributed by atoms with Gasteiger partial charge in [-0.25, -0.2) is 18.7 Å². The highest BCUT2D eigenvalue weighted by atomic mass is 19.1. The topological polar surface area (TPSA) is 325 Å². The summed E-state index contributed by atoms with van der Waals surface area (Å²) in [6, 6.07) is 43.2. The van der Waals surface area contributed by atoms with Crippen LogP contribution in [-0.4, -0.2) is 215 Å². The number of esters is 1. The summed E-state index contributed by atoms with van der Waals surface area (Å²) in [6.07, 6.45) is 2.83. The van der Waals surface area contributed by atoms with Crippen LogP contribution in [0, 0.1) is 63.4 Å². The fraction of sp³-hybridized carbons (Fsp3) is 0.302. The number of hydrogen-bond donors (Lipinski definition) is 4. The van der Waals surface area contributed by atoms with Crippen molar-refractivity contribution in [1.29, 1.82) is 0 Å². The molecule has 17 rings (SSSR count). The minimum Gasteiger partial charge on any atom is -0.506 e. The van der Waals surface area contributed by atoms with E-state index in [1.165, 1.54) is 72.8 Å². The number of amides is 9. The van der Waals surface area contributed by atoms with Crippen molar-refractivity contribution in [3.05, 3.63) is 231 Å². The molecule has 0 saturated carbocycles. The standard InChI is InChI=1S/C34H26N4O6.C33H32FN5O5.C29H31FN4O4/c1-21(39)44-29-12-11-28(24-4-3-15-35-18-24)36-31(29)23-7-5-22(6-8-23)13-14-34(17-30(40)37-33(34)42)20-38-19-25-9-10-26(43-2)16-27(25)32(38)41;1-3-37-12-14-38(15-13-37)28-9-8-27(40)30(35-28)24-7-4-21(16-26(24)34)10-11-33(18-29(41)36-32(33)43)20-39-19-22-5-6-23(44-2)17-25(22)31(39)42;1-3-32-12-14-33(15-13-32)17-21-6-4-20(5-7-21)10-11-29(16-24(35)31-28(29)37)19-34-18-22-8-9-23(38-2)26(30)25(22)27(34)36/h3-12,15-16,18H,17,19-20H2,1-2H3,(H,37,40,42);4-9,16-17,40H,3,12-15,18-20H2,1-2H3,(H,36,41,43);4-9H,3,12-19H2,1-2H3,(H,31,35,37)/t34-;33-;29-/m111/s1. The Hall–Kier alpha value is -14.5. The van der Waals surface area contributed by atoms with Gasteiger partial charge in [-0.2, -0.15) is 0 Å². The van der Waals surface area contributed by atoms with Crippen molar-refractivity contribution in [3.8, 4) is 98.0 Å². The minimum atomic E-state index is -1.50. The SMILES string of the molecule is CCN1CCN(Cc2ccc(C#C[C@]3(CN4Cc5ccc(OC)c(F)c5C4=O)CC(=O)NC3=O)cc2)CC1.CCN1CCN(c2ccc(O)c(-c3ccc(C#C[C@]4(CN5Cc6ccc(OC)cc6C5=O)CC(=O)NC4=O)cc3F)n2)CC1.COc1ccc2c(c1)C(=O)N(C[C@@]1(C#Cc3ccc(-c4nc(-c5cccnc5)ccc4OC(C)=O)cc3)CC(=O)NC1=O)C2. The molecule has 0 spiro atoms. The molecule has 9 aromatic rings. The van der Waals surface area contributed by atoms with Crippen molar-refractivity contribution in [2.45, 2.75) is 66.2 Å². The average Bonchev–Trinajstić information content (AvgIpc) is 1.61. The predicted octanol–water partition coefficient (Wildman–Crippen LogP) is 8.58. The highest BCUT2D eigenvalue weighted by molar-refractivity contribution is 6.11. The first-order valence-electron chi connectivity index (χ1n) is 41.2. The largest absolute Gasteiger partial charge is 0.506 e. The molecule has 4 N–H and O–H groups in total. The van der Waals surface area contributed by atoms with E-state index in [9.17, 15) is 57.4 Å². The molecule has 5 saturated heterocycles. The molecule has 8 aliphatic rings. The smallest absolute Gasteiger partial charge is 0.308 e. The Labute approximate surface area is 725 Å². The second-order valence-electron chi connectivity index (χ2n) is 31.8. The number of likely N-dealkylation sites (N-methyl/N-ethyl adjacent to an activating group) is 2. The van der Waals surface area contributed by atoms with E-state index in [0.29, 0.717) is 74.4 Å². The quantitative estimate of drug-likeness (QED) is 0.0355. The zero-order chi connectivity index (χ0) is 88.7. The van der Waals surface area contributed by atoms with Crippen LogP contribution in [0.2, 0.25) is 0 Å². The lowest BCUT2D eigenvalue weighted by molar-refractivity contribution is -0.132. The van der Waals surface area contributed by atoms with Gasteiger partial charge >= 0.3 is 5.97 Å². The lowest BCUT2D eigenvalue weighted by atomic mass is 9.85. The summed E-state index contributed by atoms with van der Waals surface area (Å²) < 4.78 is 51.2. The Balaban J connectivity index is 0.000000146. The molecule has 0 radical (unpaired) electrons. The zero-order valence-electron chi connectivity index (χ0n) is 70.1. The van der Waals surface area contributed by atoms with Crippen LogP contribution in [0.3, 0.4) is 0 Å². The highest BCUT2D eigenvalue weighted by Gasteiger charge is 2.52. The summed E-state index contributed by atoms with van der Waals surface area (Å²) in [5.41, 5.74) is 4.28. The lowest BCUT2D eigenvalue weighted by Gasteiger charge is -2.34. The second kappa shape index (κ2) is 36.9. The van der Waals surface area contributed by atoms with Gasteiger partial charge in [-0.15, -0.1) is 0 Å². The maximum Gasteiger partial charge on any atom is 0.308 e. The van der Waals surface area contributed by atoms with Crippen molar-refractivity contribution >= 4 is 65.0 Å². The summed E-state index contributed by atoms with van der Waals surface area (Å²) in [5.74, 6) is 13.8. The van der Waals surface area contributed by atoms with Gasteiger partial charge in [0.1, 0.15) is 56.5 Å². The van der Waals surface area contributed by atoms with Gasteiger partial charge in [0, 0.05) is 162 Å². The second-order valence-corrected chi connectivity index (χ2v) is 31.8. The third-order valence-corrected chi connectivity index (χ3v) is 23.6. The van der Waals surface area contributed by atoms with Crippen molar-refractivity contribution in [2.75, 3.05) is 111 Å². The van der Waals surface area contributed by atoms with Gasteiger partial charge in [-0.3, -0.25) is 73.8 Å². The van der Waals surface area contributed by atoms with Crippen molar-refractivity contribution < 1.29 is 80.8 Å². The summed E-state index contributed by atoms with van der Waals surface area (Å²) in [5, 5.41) is 17.5. The van der Waals surface area contributed by atoms with E-state index >= 15 is 4.39 Å². The summed E-state index contributed by atoms with van der Waals surface area (Å²) in [6.45, 7) is 16.6. The molecule has 8 aliphatic heterocycles. The Morgan fingerprint density at radius 3 is 1.48 bits per heavy atom. The zero-order valence-corrected chi connectivity index (χ0v) is 70.1. The van der Waals surface area contributed by atoms with E-state index in [1.54, 1.807) is 97.3 Å². The number of methoxy groups -OCH3 is 3. The number of fused-ring (bicyclic) bond motifs is 3. The lowest BCUT2D eigenvalue weighted by Crippen LogP contribution is -2.46. The van der Waals surface area contributed by atoms with Gasteiger partial charge in [-0.05, 0) is 145 Å². The van der Waals surface area contributed by atoms with Crippen LogP contribution >= 0.6 is 0 Å². The fourth-order valence-electron chi connectivity index (χ4n) is 16.5. The predicted molar refractivity (Wildman–Crippen MR) is 458 cm³/mol. The van der Waals surface area contributed by atoms with Crippen LogP contribution < -0.4 is 39.8 Å². The number of piperazine rings is 2. The van der Waals surface area contributed by atoms with Gasteiger partial charge in [0.2, 0.25) is 35.4 Å². The number of carbonyl (C=O) groups excluding carboxylic acids is 10. The Morgan fingerprint density at radius 1 is 0.492 bits per heavy atom. The molecule has 11 heterocycles. The summed E-state index contributed by atoms with van der Waals surface area (Å²) in [7, 11) is 4.37. The molecule has 30 heteroatoms. The first-order chi connectivity index (χ1) is 60.7. The molecule has 0 unspecified atom stereocenters. The van der Waals surface area contributed by atoms with E-state index in [0.717, 1.165) is 88.7 Å². The Morgan fingerprint density at radius 2 is 0.984 bits per heavy atom. The van der Waals surface area contributed by atoms with Crippen molar-refractivity contribution in [2.24, 2.45) is 16.2 Å². The normalized spacial score (nSPS) is 19.5. The average molecular weight is 1700 g/mol. The maximum absolute atomic E-state index is 15.5. The number of hydrogen-bond acceptors (Lipinski definition) is 22. The van der Waals surface area contributed by atoms with Gasteiger partial charge < -0.3 is 53.5 Å². The van der Waals surface area contributed by atoms with Gasteiger partial charge in [0.15, 0.2) is 17.3 Å². The first-order valence-corrected chi connectivity index (χ1v) is 41.2. The van der Waals surface area contributed by atoms with E-state index < -0.39 is 75.2 Å². The van der Waals surface area contributed by atoms with Crippen LogP contribution in [0.5, 0.6) is 28.7 Å². The number of pyridine rings is 3. The van der Waals surface area contributed by atoms with Gasteiger partial charge in [0.25, 0.3) is 17.7 Å². The monoisotopic (exact) mass is 1700 g/mol. The minimum absolute atomic E-state index is 0.0195. The first kappa shape index (κ1) is 86.4. The molecule has 28 nitrogen and oxygen atoms in total. The van der Waals surface area contributed by atoms with Crippen LogP contribution in [-0.2, 0) is 59.7 Å². The Kier molecular flexibility index (Phi) is 25.3. The van der Waals surface area contributed by atoms with Crippen LogP contribution in [0.15, 0.2) is 164 Å². The highest BCUT2D eigenvalue weighted by Crippen LogP contribution is 2.41. The molecule has 3 aromatic heterocycles. The van der Waals surface area contributed by atoms with Crippen LogP contribution in [0.1, 0.15) is 110 Å². The third-order valence-electron chi connectivity index (χ3n) is 23.6. The van der Waals surface area contributed by atoms with Gasteiger partial charge in [0.05, 0.1) is 51.8 Å². The number of ether oxygens (including phenoxy) is 4. The number of nitrogens with one attached hydrogen (secondary N) is 3. The van der Waals surface area contributed by atoms with Crippen LogP contribution in [0.4, 0.5) is 14.6 Å². The number of nitrogens with zero attached hydrogens (tertiary/aromatic N) is 10. The number of aromatic nitrogens is 3. The van der Waals surface area contributed by atoms with Crippen LogP contribution in [0.25, 0.3) is 33.8 Å². The van der Waals surface area contributed by atoms with E-state index in [1.807, 2.05) is 42.5 Å². The molecule has 6 aromatic carbocycles. The van der Waals surface area contributed by atoms with Crippen molar-refractivity contribution in [3.63, 3.8) is 0 Å². The number of imide groups is 3. The number of benzene rings is 6. The van der Waals surface area contributed by atoms with E-state index in [-0.39, 0.29) is 97.7 Å². The number of rotatable bonds is 18. The number of carbonyl (C=O) groups is 10. The van der Waals surface area contributed by atoms with E-state index in [4.69, 9.17) is 23.9 Å². The molecular weight excluding hydrogens is 1610 g/mol. The van der Waals surface area contributed by atoms with E-state index in [2.05, 4.69) is 94.9 Å². The molecular formula is C96H89F2N13O15. The molecule has 642 valence electrons. The number of aromatic hydroxyl groups is 1. The van der Waals surface area contributed by atoms with Gasteiger partial charge in [-0.1, -0.05) is 91.8 Å². The molecule has 0 aliphatic carbocycles. The maximum atomic E-state index is 15.5. The van der Waals surface area contributed by atoms with Crippen molar-refractivity contribution in [1.82, 2.24) is 60.3 Å². The molecule has 5 fully saturated rings. The summed E-state index contributed by atoms with van der Waals surface area (Å²) in [4.78, 5) is 154. The fourth-order valence-corrected chi connectivity index (χ4v) is 16.5. The number of halogens is 2.